The van der Waals surface area contributed by atoms with Crippen molar-refractivity contribution >= 4 is 5.91 Å². The molecule has 0 radical (unpaired) electrons. The van der Waals surface area contributed by atoms with Gasteiger partial charge in [-0.25, -0.2) is 0 Å². The highest BCUT2D eigenvalue weighted by Crippen LogP contribution is 2.14. The molecule has 1 fully saturated rings. The van der Waals surface area contributed by atoms with Gasteiger partial charge in [-0.05, 0) is 42.5 Å². The number of amides is 1. The standard InChI is InChI=1S/C22H28N2O3/c25-22(21-17-26-15-13-23-21)24-12-11-19-8-4-10-20(16-19)27-14-5-9-18-6-2-1-3-7-18/h1-4,6-8,10,16,21,23H,5,9,11-15,17H2,(H,24,25). The first kappa shape index (κ1) is 19.4. The third-order valence-electron chi connectivity index (χ3n) is 4.57. The van der Waals surface area contributed by atoms with Crippen LogP contribution < -0.4 is 15.4 Å². The molecule has 2 aromatic carbocycles. The van der Waals surface area contributed by atoms with E-state index in [1.54, 1.807) is 0 Å². The molecule has 3 rings (SSSR count). The van der Waals surface area contributed by atoms with Crippen molar-refractivity contribution in [3.8, 4) is 5.75 Å². The van der Waals surface area contributed by atoms with Crippen molar-refractivity contribution in [1.29, 1.82) is 0 Å². The zero-order chi connectivity index (χ0) is 18.7. The first-order valence-corrected chi connectivity index (χ1v) is 9.66. The van der Waals surface area contributed by atoms with Crippen LogP contribution in [0.5, 0.6) is 5.75 Å². The number of morpholine rings is 1. The summed E-state index contributed by atoms with van der Waals surface area (Å²) in [4.78, 5) is 12.1. The number of nitrogens with one attached hydrogen (secondary N) is 2. The summed E-state index contributed by atoms with van der Waals surface area (Å²) in [6, 6.07) is 18.3. The molecule has 27 heavy (non-hydrogen) atoms. The van der Waals surface area contributed by atoms with Crippen molar-refractivity contribution in [2.24, 2.45) is 0 Å². The molecule has 1 amide bonds. The number of rotatable bonds is 9. The lowest BCUT2D eigenvalue weighted by Gasteiger charge is -2.22. The van der Waals surface area contributed by atoms with Gasteiger partial charge in [0.2, 0.25) is 5.91 Å². The van der Waals surface area contributed by atoms with E-state index in [9.17, 15) is 4.79 Å². The number of benzene rings is 2. The van der Waals surface area contributed by atoms with E-state index >= 15 is 0 Å². The van der Waals surface area contributed by atoms with Gasteiger partial charge in [-0.1, -0.05) is 42.5 Å². The number of hydrogen-bond donors (Lipinski definition) is 2. The summed E-state index contributed by atoms with van der Waals surface area (Å²) in [5.74, 6) is 0.886. The van der Waals surface area contributed by atoms with Crippen LogP contribution >= 0.6 is 0 Å². The Hall–Kier alpha value is -2.37. The molecular formula is C22H28N2O3. The summed E-state index contributed by atoms with van der Waals surface area (Å²) in [6.07, 6.45) is 2.78. The van der Waals surface area contributed by atoms with Crippen molar-refractivity contribution in [3.05, 3.63) is 65.7 Å². The van der Waals surface area contributed by atoms with Gasteiger partial charge in [-0.15, -0.1) is 0 Å². The molecule has 0 aliphatic carbocycles. The van der Waals surface area contributed by atoms with E-state index in [4.69, 9.17) is 9.47 Å². The third kappa shape index (κ3) is 6.70. The molecule has 0 bridgehead atoms. The average Bonchev–Trinajstić information content (AvgIpc) is 2.73. The Balaban J connectivity index is 1.36. The Morgan fingerprint density at radius 2 is 1.96 bits per heavy atom. The van der Waals surface area contributed by atoms with Gasteiger partial charge in [0.1, 0.15) is 11.8 Å². The fraction of sp³-hybridized carbons (Fsp3) is 0.409. The summed E-state index contributed by atoms with van der Waals surface area (Å²) in [6.45, 7) is 3.14. The molecule has 144 valence electrons. The minimum atomic E-state index is -0.238. The van der Waals surface area contributed by atoms with E-state index in [1.807, 2.05) is 18.2 Å². The molecule has 1 unspecified atom stereocenters. The van der Waals surface area contributed by atoms with Gasteiger partial charge in [0.05, 0.1) is 19.8 Å². The van der Waals surface area contributed by atoms with E-state index in [0.29, 0.717) is 26.4 Å². The van der Waals surface area contributed by atoms with Crippen molar-refractivity contribution in [1.82, 2.24) is 10.6 Å². The van der Waals surface area contributed by atoms with E-state index in [1.165, 1.54) is 5.56 Å². The first-order chi connectivity index (χ1) is 13.3. The normalized spacial score (nSPS) is 16.7. The molecule has 1 atom stereocenters. The highest BCUT2D eigenvalue weighted by Gasteiger charge is 2.20. The summed E-state index contributed by atoms with van der Waals surface area (Å²) < 4.78 is 11.2. The summed E-state index contributed by atoms with van der Waals surface area (Å²) in [5, 5.41) is 6.13. The minimum absolute atomic E-state index is 0.00279. The molecule has 2 N–H and O–H groups in total. The molecule has 2 aromatic rings. The van der Waals surface area contributed by atoms with Crippen molar-refractivity contribution in [3.63, 3.8) is 0 Å². The second-order valence-corrected chi connectivity index (χ2v) is 6.71. The van der Waals surface area contributed by atoms with Crippen LogP contribution in [0.2, 0.25) is 0 Å². The fourth-order valence-corrected chi connectivity index (χ4v) is 3.09. The van der Waals surface area contributed by atoms with Crippen LogP contribution in [0, 0.1) is 0 Å². The first-order valence-electron chi connectivity index (χ1n) is 9.66. The molecule has 5 nitrogen and oxygen atoms in total. The minimum Gasteiger partial charge on any atom is -0.494 e. The monoisotopic (exact) mass is 368 g/mol. The Morgan fingerprint density at radius 3 is 2.78 bits per heavy atom. The van der Waals surface area contributed by atoms with Crippen LogP contribution in [0.1, 0.15) is 17.5 Å². The van der Waals surface area contributed by atoms with Crippen molar-refractivity contribution in [2.45, 2.75) is 25.3 Å². The molecule has 0 aromatic heterocycles. The number of carbonyl (C=O) groups is 1. The second kappa shape index (κ2) is 10.7. The Kier molecular flexibility index (Phi) is 7.69. The zero-order valence-corrected chi connectivity index (χ0v) is 15.7. The number of aryl methyl sites for hydroxylation is 1. The quantitative estimate of drug-likeness (QED) is 0.667. The molecule has 1 aliphatic rings. The maximum absolute atomic E-state index is 12.1. The molecule has 0 spiro atoms. The van der Waals surface area contributed by atoms with Crippen LogP contribution in [0.25, 0.3) is 0 Å². The van der Waals surface area contributed by atoms with Gasteiger partial charge >= 0.3 is 0 Å². The van der Waals surface area contributed by atoms with Crippen molar-refractivity contribution in [2.75, 3.05) is 32.9 Å². The smallest absolute Gasteiger partial charge is 0.239 e. The van der Waals surface area contributed by atoms with Gasteiger partial charge in [-0.3, -0.25) is 4.79 Å². The topological polar surface area (TPSA) is 59.6 Å². The van der Waals surface area contributed by atoms with Crippen LogP contribution in [0.3, 0.4) is 0 Å². The number of carbonyl (C=O) groups excluding carboxylic acids is 1. The summed E-state index contributed by atoms with van der Waals surface area (Å²) in [5.41, 5.74) is 2.49. The fourth-order valence-electron chi connectivity index (χ4n) is 3.09. The van der Waals surface area contributed by atoms with E-state index < -0.39 is 0 Å². The lowest BCUT2D eigenvalue weighted by Crippen LogP contribution is -2.51. The van der Waals surface area contributed by atoms with Gasteiger partial charge in [0, 0.05) is 13.1 Å². The highest BCUT2D eigenvalue weighted by atomic mass is 16.5. The van der Waals surface area contributed by atoms with E-state index in [0.717, 1.165) is 37.1 Å². The number of ether oxygens (including phenoxy) is 2. The molecule has 1 aliphatic heterocycles. The van der Waals surface area contributed by atoms with Crippen LogP contribution in [0.15, 0.2) is 54.6 Å². The maximum Gasteiger partial charge on any atom is 0.239 e. The van der Waals surface area contributed by atoms with Crippen molar-refractivity contribution < 1.29 is 14.3 Å². The summed E-state index contributed by atoms with van der Waals surface area (Å²) in [7, 11) is 0. The predicted octanol–water partition coefficient (Wildman–Crippen LogP) is 2.35. The van der Waals surface area contributed by atoms with Crippen LogP contribution in [-0.4, -0.2) is 44.9 Å². The van der Waals surface area contributed by atoms with E-state index in [-0.39, 0.29) is 11.9 Å². The molecule has 1 saturated heterocycles. The largest absolute Gasteiger partial charge is 0.494 e. The zero-order valence-electron chi connectivity index (χ0n) is 15.7. The Bertz CT molecular complexity index is 700. The molecular weight excluding hydrogens is 340 g/mol. The molecule has 0 saturated carbocycles. The van der Waals surface area contributed by atoms with Crippen LogP contribution in [-0.2, 0) is 22.4 Å². The SMILES string of the molecule is O=C(NCCc1cccc(OCCCc2ccccc2)c1)C1COCCN1. The summed E-state index contributed by atoms with van der Waals surface area (Å²) >= 11 is 0. The van der Waals surface area contributed by atoms with Crippen LogP contribution in [0.4, 0.5) is 0 Å². The van der Waals surface area contributed by atoms with Gasteiger partial charge in [-0.2, -0.15) is 0 Å². The van der Waals surface area contributed by atoms with Gasteiger partial charge < -0.3 is 20.1 Å². The average molecular weight is 368 g/mol. The molecule has 5 heteroatoms. The van der Waals surface area contributed by atoms with Gasteiger partial charge in [0.25, 0.3) is 0 Å². The lowest BCUT2D eigenvalue weighted by atomic mass is 10.1. The lowest BCUT2D eigenvalue weighted by molar-refractivity contribution is -0.125. The highest BCUT2D eigenvalue weighted by molar-refractivity contribution is 5.81. The van der Waals surface area contributed by atoms with Gasteiger partial charge in [0.15, 0.2) is 0 Å². The second-order valence-electron chi connectivity index (χ2n) is 6.71. The Labute approximate surface area is 161 Å². The maximum atomic E-state index is 12.1. The Morgan fingerprint density at radius 1 is 1.11 bits per heavy atom. The van der Waals surface area contributed by atoms with E-state index in [2.05, 4.69) is 47.0 Å². The third-order valence-corrected chi connectivity index (χ3v) is 4.57. The predicted molar refractivity (Wildman–Crippen MR) is 106 cm³/mol. The number of hydrogen-bond acceptors (Lipinski definition) is 4. The molecule has 1 heterocycles.